The Kier molecular flexibility index (Phi) is 10.2. The van der Waals surface area contributed by atoms with E-state index in [0.717, 1.165) is 46.5 Å². The average Bonchev–Trinajstić information content (AvgIpc) is 2.92. The first-order valence-electron chi connectivity index (χ1n) is 13.2. The molecule has 0 aliphatic carbocycles. The van der Waals surface area contributed by atoms with Gasteiger partial charge in [0.1, 0.15) is 17.9 Å². The van der Waals surface area contributed by atoms with Crippen molar-refractivity contribution >= 4 is 52.4 Å². The molecule has 0 saturated carbocycles. The Bertz CT molecular complexity index is 1470. The van der Waals surface area contributed by atoms with Gasteiger partial charge in [0, 0.05) is 24.4 Å². The van der Waals surface area contributed by atoms with Crippen LogP contribution in [0.2, 0.25) is 0 Å². The monoisotopic (exact) mass is 595 g/mol. The van der Waals surface area contributed by atoms with Gasteiger partial charge in [-0.15, -0.1) is 13.2 Å². The lowest BCUT2D eigenvalue weighted by Crippen LogP contribution is -2.32. The fourth-order valence-corrected chi connectivity index (χ4v) is 4.88. The molecule has 42 heavy (non-hydrogen) atoms. The van der Waals surface area contributed by atoms with Gasteiger partial charge in [-0.25, -0.2) is 15.0 Å². The fraction of sp³-hybridized carbons (Fsp3) is 0.267. The minimum atomic E-state index is -4.74. The van der Waals surface area contributed by atoms with E-state index >= 15 is 0 Å². The number of aliphatic imine (C=N–C) groups is 3. The Morgan fingerprint density at radius 3 is 2.55 bits per heavy atom. The third-order valence-electron chi connectivity index (χ3n) is 6.01. The molecule has 3 aromatic carbocycles. The van der Waals surface area contributed by atoms with Gasteiger partial charge in [-0.3, -0.25) is 5.43 Å². The predicted octanol–water partition coefficient (Wildman–Crippen LogP) is 6.78. The molecule has 1 aliphatic heterocycles. The largest absolute Gasteiger partial charge is 0.573 e. The lowest BCUT2D eigenvalue weighted by atomic mass is 10.1. The van der Waals surface area contributed by atoms with E-state index in [0.29, 0.717) is 17.2 Å². The van der Waals surface area contributed by atoms with E-state index in [4.69, 9.17) is 10.7 Å². The van der Waals surface area contributed by atoms with E-state index in [1.165, 1.54) is 30.6 Å². The van der Waals surface area contributed by atoms with Gasteiger partial charge < -0.3 is 15.4 Å². The van der Waals surface area contributed by atoms with Gasteiger partial charge in [0.15, 0.2) is 5.17 Å². The highest BCUT2D eigenvalue weighted by Crippen LogP contribution is 2.35. The highest BCUT2D eigenvalue weighted by atomic mass is 32.2. The molecule has 0 atom stereocenters. The number of rotatable bonds is 8. The zero-order chi connectivity index (χ0) is 30.1. The van der Waals surface area contributed by atoms with Crippen LogP contribution < -0.4 is 20.8 Å². The van der Waals surface area contributed by atoms with Crippen molar-refractivity contribution < 1.29 is 17.9 Å². The number of nitrogens with two attached hydrogens (primary N) is 1. The molecule has 0 saturated heterocycles. The van der Waals surface area contributed by atoms with Crippen LogP contribution in [0.15, 0.2) is 86.8 Å². The quantitative estimate of drug-likeness (QED) is 0.170. The number of hydrogen-bond acceptors (Lipinski definition) is 7. The summed E-state index contributed by atoms with van der Waals surface area (Å²) in [5.41, 5.74) is 14.3. The molecule has 12 heteroatoms. The van der Waals surface area contributed by atoms with Crippen LogP contribution in [0.3, 0.4) is 0 Å². The lowest BCUT2D eigenvalue weighted by molar-refractivity contribution is -0.274. The number of anilines is 1. The Morgan fingerprint density at radius 2 is 1.86 bits per heavy atom. The standard InChI is InChI=1S/C30H32F3N7OS/c1-20(2)18-40-15-16-42-29(38-27-21(3)5-4-6-26(27)40)39-37-17-22-7-9-23(10-8-22)28(34)36-19-35-24-11-13-25(14-12-24)41-30(31,32)33/h4-14,17,19-20H,15-16,18H2,1-3H3,(H,38,39)(H2,34,35,36)/b37-17-. The van der Waals surface area contributed by atoms with Crippen LogP contribution in [0.4, 0.5) is 30.2 Å². The fourth-order valence-electron chi connectivity index (χ4n) is 4.11. The first-order chi connectivity index (χ1) is 20.1. The molecule has 3 N–H and O–H groups in total. The molecule has 0 radical (unpaired) electrons. The molecular weight excluding hydrogens is 563 g/mol. The lowest BCUT2D eigenvalue weighted by Gasteiger charge is -2.30. The van der Waals surface area contributed by atoms with E-state index in [-0.39, 0.29) is 11.6 Å². The van der Waals surface area contributed by atoms with E-state index in [1.54, 1.807) is 18.0 Å². The van der Waals surface area contributed by atoms with E-state index < -0.39 is 6.36 Å². The Morgan fingerprint density at radius 1 is 1.12 bits per heavy atom. The maximum Gasteiger partial charge on any atom is 0.573 e. The number of amidine groups is 2. The summed E-state index contributed by atoms with van der Waals surface area (Å²) in [4.78, 5) is 15.5. The SMILES string of the molecule is Cc1cccc2c1N=C(N/N=C\c1ccc(C(N)=NC=Nc3ccc(OC(F)(F)F)cc3)cc1)SCCN2CC(C)C. The third kappa shape index (κ3) is 9.10. The Labute approximate surface area is 247 Å². The van der Waals surface area contributed by atoms with Crippen molar-refractivity contribution in [2.45, 2.75) is 27.1 Å². The number of ether oxygens (including phenoxy) is 1. The molecule has 0 bridgehead atoms. The second-order valence-corrected chi connectivity index (χ2v) is 10.9. The molecule has 3 aromatic rings. The maximum absolute atomic E-state index is 12.3. The molecule has 220 valence electrons. The van der Waals surface area contributed by atoms with Crippen LogP contribution in [0.25, 0.3) is 0 Å². The number of nitrogens with one attached hydrogen (secondary N) is 1. The van der Waals surface area contributed by atoms with Gasteiger partial charge in [-0.1, -0.05) is 62.0 Å². The highest BCUT2D eigenvalue weighted by molar-refractivity contribution is 8.13. The van der Waals surface area contributed by atoms with Crippen molar-refractivity contribution in [1.82, 2.24) is 5.43 Å². The minimum absolute atomic E-state index is 0.234. The first-order valence-corrected chi connectivity index (χ1v) is 14.2. The van der Waals surface area contributed by atoms with Crippen LogP contribution in [0.1, 0.15) is 30.5 Å². The summed E-state index contributed by atoms with van der Waals surface area (Å²) in [6, 6.07) is 18.7. The van der Waals surface area contributed by atoms with Crippen molar-refractivity contribution in [2.24, 2.45) is 31.7 Å². The van der Waals surface area contributed by atoms with Crippen LogP contribution in [-0.2, 0) is 0 Å². The van der Waals surface area contributed by atoms with Gasteiger partial charge in [0.25, 0.3) is 0 Å². The van der Waals surface area contributed by atoms with Crippen molar-refractivity contribution in [2.75, 3.05) is 23.7 Å². The molecule has 0 amide bonds. The minimum Gasteiger partial charge on any atom is -0.406 e. The molecule has 0 fully saturated rings. The molecule has 0 unspecified atom stereocenters. The summed E-state index contributed by atoms with van der Waals surface area (Å²) < 4.78 is 40.7. The smallest absolute Gasteiger partial charge is 0.406 e. The number of benzene rings is 3. The van der Waals surface area contributed by atoms with Gasteiger partial charge in [0.2, 0.25) is 0 Å². The molecule has 8 nitrogen and oxygen atoms in total. The summed E-state index contributed by atoms with van der Waals surface area (Å²) in [5, 5.41) is 5.13. The number of nitrogens with zero attached hydrogens (tertiary/aromatic N) is 5. The molecule has 1 heterocycles. The molecule has 1 aliphatic rings. The van der Waals surface area contributed by atoms with Crippen molar-refractivity contribution in [3.63, 3.8) is 0 Å². The predicted molar refractivity (Wildman–Crippen MR) is 167 cm³/mol. The summed E-state index contributed by atoms with van der Waals surface area (Å²) >= 11 is 1.64. The van der Waals surface area contributed by atoms with Crippen LogP contribution in [-0.4, -0.2) is 48.8 Å². The summed E-state index contributed by atoms with van der Waals surface area (Å²) in [6.45, 7) is 8.41. The first kappa shape index (κ1) is 30.6. The molecule has 0 aromatic heterocycles. The van der Waals surface area contributed by atoms with E-state index in [1.807, 2.05) is 24.3 Å². The number of alkyl halides is 3. The van der Waals surface area contributed by atoms with Crippen LogP contribution in [0, 0.1) is 12.8 Å². The zero-order valence-electron chi connectivity index (χ0n) is 23.5. The van der Waals surface area contributed by atoms with Crippen molar-refractivity contribution in [3.05, 3.63) is 83.4 Å². The second kappa shape index (κ2) is 14.0. The summed E-state index contributed by atoms with van der Waals surface area (Å²) in [7, 11) is 0. The normalized spacial score (nSPS) is 14.6. The van der Waals surface area contributed by atoms with E-state index in [2.05, 4.69) is 69.1 Å². The Balaban J connectivity index is 1.37. The van der Waals surface area contributed by atoms with Crippen molar-refractivity contribution in [3.8, 4) is 5.75 Å². The molecule has 4 rings (SSSR count). The average molecular weight is 596 g/mol. The van der Waals surface area contributed by atoms with E-state index in [9.17, 15) is 13.2 Å². The van der Waals surface area contributed by atoms with Crippen LogP contribution in [0.5, 0.6) is 5.75 Å². The number of hydrazone groups is 1. The second-order valence-electron chi connectivity index (χ2n) is 9.84. The maximum atomic E-state index is 12.3. The van der Waals surface area contributed by atoms with Gasteiger partial charge >= 0.3 is 6.36 Å². The van der Waals surface area contributed by atoms with Gasteiger partial charge in [-0.05, 0) is 54.3 Å². The van der Waals surface area contributed by atoms with Gasteiger partial charge in [0.05, 0.1) is 23.3 Å². The number of para-hydroxylation sites is 1. The molecular formula is C30H32F3N7OS. The Hall–Kier alpha value is -4.32. The zero-order valence-corrected chi connectivity index (χ0v) is 24.3. The highest BCUT2D eigenvalue weighted by Gasteiger charge is 2.30. The summed E-state index contributed by atoms with van der Waals surface area (Å²) in [6.07, 6.45) is -1.80. The molecule has 0 spiro atoms. The van der Waals surface area contributed by atoms with Gasteiger partial charge in [-0.2, -0.15) is 5.10 Å². The third-order valence-corrected chi connectivity index (χ3v) is 6.85. The number of fused-ring (bicyclic) bond motifs is 1. The number of thioether (sulfide) groups is 1. The number of halogens is 3. The number of hydrogen-bond donors (Lipinski definition) is 2. The van der Waals surface area contributed by atoms with Crippen molar-refractivity contribution in [1.29, 1.82) is 0 Å². The number of aryl methyl sites for hydroxylation is 1. The topological polar surface area (TPSA) is 100.0 Å². The van der Waals surface area contributed by atoms with Crippen LogP contribution >= 0.6 is 11.8 Å². The summed E-state index contributed by atoms with van der Waals surface area (Å²) in [5.74, 6) is 1.34.